The summed E-state index contributed by atoms with van der Waals surface area (Å²) < 4.78 is 10.8. The fourth-order valence-corrected chi connectivity index (χ4v) is 3.09. The van der Waals surface area contributed by atoms with Crippen molar-refractivity contribution in [3.05, 3.63) is 35.4 Å². The highest BCUT2D eigenvalue weighted by Gasteiger charge is 2.33. The van der Waals surface area contributed by atoms with E-state index < -0.39 is 6.04 Å². The fourth-order valence-electron chi connectivity index (χ4n) is 3.09. The van der Waals surface area contributed by atoms with E-state index in [2.05, 4.69) is 5.32 Å². The second-order valence-corrected chi connectivity index (χ2v) is 5.31. The summed E-state index contributed by atoms with van der Waals surface area (Å²) in [5.74, 6) is 0.869. The zero-order valence-corrected chi connectivity index (χ0v) is 12.7. The van der Waals surface area contributed by atoms with Gasteiger partial charge in [-0.2, -0.15) is 0 Å². The standard InChI is InChI=1S/C17H17NO4/c1-9(19)18-12-8-11-13(21-2)6-4-10-5-7-14(22-3)16(15(10)11)17(12)20/h4-7,12H,8H2,1-3H3,(H,18,19). The SMILES string of the molecule is COc1ccc2ccc(OC)c3c2c1CC(NC(C)=O)C3=O. The van der Waals surface area contributed by atoms with Gasteiger partial charge in [-0.05, 0) is 17.5 Å². The van der Waals surface area contributed by atoms with Gasteiger partial charge in [0, 0.05) is 24.3 Å². The van der Waals surface area contributed by atoms with Gasteiger partial charge < -0.3 is 14.8 Å². The van der Waals surface area contributed by atoms with Gasteiger partial charge in [-0.15, -0.1) is 0 Å². The van der Waals surface area contributed by atoms with Crippen molar-refractivity contribution >= 4 is 22.5 Å². The largest absolute Gasteiger partial charge is 0.496 e. The number of rotatable bonds is 3. The number of benzene rings is 2. The molecule has 22 heavy (non-hydrogen) atoms. The number of carbonyl (C=O) groups excluding carboxylic acids is 2. The lowest BCUT2D eigenvalue weighted by Crippen LogP contribution is -2.43. The van der Waals surface area contributed by atoms with Gasteiger partial charge in [0.2, 0.25) is 5.91 Å². The minimum atomic E-state index is -0.596. The summed E-state index contributed by atoms with van der Waals surface area (Å²) in [4.78, 5) is 24.2. The summed E-state index contributed by atoms with van der Waals surface area (Å²) >= 11 is 0. The molecule has 1 aliphatic carbocycles. The Hall–Kier alpha value is -2.56. The first kappa shape index (κ1) is 14.4. The van der Waals surface area contributed by atoms with Crippen molar-refractivity contribution in [1.29, 1.82) is 0 Å². The van der Waals surface area contributed by atoms with Gasteiger partial charge in [0.05, 0.1) is 25.8 Å². The Morgan fingerprint density at radius 3 is 2.36 bits per heavy atom. The molecule has 1 N–H and O–H groups in total. The molecular weight excluding hydrogens is 282 g/mol. The number of amides is 1. The molecule has 1 atom stereocenters. The van der Waals surface area contributed by atoms with Gasteiger partial charge in [-0.25, -0.2) is 0 Å². The fraction of sp³-hybridized carbons (Fsp3) is 0.294. The van der Waals surface area contributed by atoms with Gasteiger partial charge in [-0.1, -0.05) is 12.1 Å². The van der Waals surface area contributed by atoms with E-state index in [9.17, 15) is 9.59 Å². The van der Waals surface area contributed by atoms with Crippen LogP contribution in [0.3, 0.4) is 0 Å². The third-order valence-corrected chi connectivity index (χ3v) is 4.00. The quantitative estimate of drug-likeness (QED) is 0.942. The molecule has 3 rings (SSSR count). The molecule has 0 radical (unpaired) electrons. The van der Waals surface area contributed by atoms with Crippen molar-refractivity contribution in [1.82, 2.24) is 5.32 Å². The molecule has 0 saturated carbocycles. The Balaban J connectivity index is 2.30. The van der Waals surface area contributed by atoms with Crippen LogP contribution in [0.25, 0.3) is 10.8 Å². The average molecular weight is 299 g/mol. The minimum Gasteiger partial charge on any atom is -0.496 e. The van der Waals surface area contributed by atoms with E-state index in [4.69, 9.17) is 9.47 Å². The van der Waals surface area contributed by atoms with Crippen LogP contribution in [-0.2, 0) is 11.2 Å². The van der Waals surface area contributed by atoms with Gasteiger partial charge in [0.15, 0.2) is 5.78 Å². The third kappa shape index (κ3) is 2.09. The number of carbonyl (C=O) groups is 2. The van der Waals surface area contributed by atoms with Crippen LogP contribution in [0.15, 0.2) is 24.3 Å². The molecule has 2 aromatic rings. The third-order valence-electron chi connectivity index (χ3n) is 4.00. The first-order valence-electron chi connectivity index (χ1n) is 7.04. The second kappa shape index (κ2) is 5.33. The highest BCUT2D eigenvalue weighted by molar-refractivity contribution is 6.16. The molecule has 5 nitrogen and oxygen atoms in total. The number of methoxy groups -OCH3 is 2. The van der Waals surface area contributed by atoms with E-state index in [-0.39, 0.29) is 11.7 Å². The molecule has 0 spiro atoms. The van der Waals surface area contributed by atoms with E-state index in [1.165, 1.54) is 14.0 Å². The zero-order valence-electron chi connectivity index (χ0n) is 12.7. The zero-order chi connectivity index (χ0) is 15.9. The van der Waals surface area contributed by atoms with E-state index in [0.29, 0.717) is 23.5 Å². The maximum absolute atomic E-state index is 12.8. The van der Waals surface area contributed by atoms with Crippen LogP contribution in [-0.4, -0.2) is 32.0 Å². The Morgan fingerprint density at radius 2 is 1.77 bits per heavy atom. The monoisotopic (exact) mass is 299 g/mol. The Labute approximate surface area is 128 Å². The molecule has 1 unspecified atom stereocenters. The number of hydrogen-bond acceptors (Lipinski definition) is 4. The number of nitrogens with one attached hydrogen (secondary N) is 1. The molecule has 1 amide bonds. The van der Waals surface area contributed by atoms with Crippen molar-refractivity contribution in [3.8, 4) is 11.5 Å². The molecule has 0 aliphatic heterocycles. The number of ether oxygens (including phenoxy) is 2. The van der Waals surface area contributed by atoms with E-state index in [1.807, 2.05) is 18.2 Å². The summed E-state index contributed by atoms with van der Waals surface area (Å²) in [5.41, 5.74) is 1.44. The van der Waals surface area contributed by atoms with Gasteiger partial charge in [0.1, 0.15) is 11.5 Å². The molecule has 5 heteroatoms. The second-order valence-electron chi connectivity index (χ2n) is 5.31. The molecule has 114 valence electrons. The lowest BCUT2D eigenvalue weighted by molar-refractivity contribution is -0.119. The number of Topliss-reactive ketones (excluding diaryl/α,β-unsaturated/α-hetero) is 1. The molecule has 0 saturated heterocycles. The topological polar surface area (TPSA) is 64.6 Å². The Morgan fingerprint density at radius 1 is 1.14 bits per heavy atom. The van der Waals surface area contributed by atoms with Crippen LogP contribution in [0.5, 0.6) is 11.5 Å². The normalized spacial score (nSPS) is 16.5. The summed E-state index contributed by atoms with van der Waals surface area (Å²) in [7, 11) is 3.13. The summed E-state index contributed by atoms with van der Waals surface area (Å²) in [6, 6.07) is 6.91. The summed E-state index contributed by atoms with van der Waals surface area (Å²) in [6.45, 7) is 1.41. The lowest BCUT2D eigenvalue weighted by atomic mass is 9.83. The van der Waals surface area contributed by atoms with E-state index in [1.54, 1.807) is 13.2 Å². The predicted molar refractivity (Wildman–Crippen MR) is 82.7 cm³/mol. The van der Waals surface area contributed by atoms with E-state index >= 15 is 0 Å². The van der Waals surface area contributed by atoms with Crippen molar-refractivity contribution < 1.29 is 19.1 Å². The molecule has 0 aromatic heterocycles. The van der Waals surface area contributed by atoms with Crippen molar-refractivity contribution in [2.75, 3.05) is 14.2 Å². The number of ketones is 1. The van der Waals surface area contributed by atoms with Crippen LogP contribution >= 0.6 is 0 Å². The smallest absolute Gasteiger partial charge is 0.217 e. The van der Waals surface area contributed by atoms with Crippen LogP contribution in [0, 0.1) is 0 Å². The molecular formula is C17H17NO4. The van der Waals surface area contributed by atoms with Crippen LogP contribution < -0.4 is 14.8 Å². The first-order valence-corrected chi connectivity index (χ1v) is 7.04. The highest BCUT2D eigenvalue weighted by atomic mass is 16.5. The Kier molecular flexibility index (Phi) is 3.48. The predicted octanol–water partition coefficient (Wildman–Crippen LogP) is 2.10. The molecule has 0 bridgehead atoms. The van der Waals surface area contributed by atoms with Crippen molar-refractivity contribution in [3.63, 3.8) is 0 Å². The van der Waals surface area contributed by atoms with E-state index in [0.717, 1.165) is 16.3 Å². The molecule has 2 aromatic carbocycles. The maximum Gasteiger partial charge on any atom is 0.217 e. The first-order chi connectivity index (χ1) is 10.6. The maximum atomic E-state index is 12.8. The van der Waals surface area contributed by atoms with Gasteiger partial charge in [-0.3, -0.25) is 9.59 Å². The highest BCUT2D eigenvalue weighted by Crippen LogP contribution is 2.39. The minimum absolute atomic E-state index is 0.126. The Bertz CT molecular complexity index is 777. The van der Waals surface area contributed by atoms with Crippen LogP contribution in [0.4, 0.5) is 0 Å². The summed E-state index contributed by atoms with van der Waals surface area (Å²) in [5, 5.41) is 4.53. The van der Waals surface area contributed by atoms with Gasteiger partial charge >= 0.3 is 0 Å². The average Bonchev–Trinajstić information content (AvgIpc) is 2.51. The summed E-state index contributed by atoms with van der Waals surface area (Å²) in [6.07, 6.45) is 0.416. The lowest BCUT2D eigenvalue weighted by Gasteiger charge is -2.27. The van der Waals surface area contributed by atoms with Crippen LogP contribution in [0.1, 0.15) is 22.8 Å². The van der Waals surface area contributed by atoms with Crippen LogP contribution in [0.2, 0.25) is 0 Å². The molecule has 0 fully saturated rings. The number of hydrogen-bond donors (Lipinski definition) is 1. The van der Waals surface area contributed by atoms with Gasteiger partial charge in [0.25, 0.3) is 0 Å². The van der Waals surface area contributed by atoms with Crippen molar-refractivity contribution in [2.24, 2.45) is 0 Å². The van der Waals surface area contributed by atoms with Crippen molar-refractivity contribution in [2.45, 2.75) is 19.4 Å². The molecule has 1 aliphatic rings. The molecule has 0 heterocycles.